The Kier molecular flexibility index (Phi) is 9.20. The summed E-state index contributed by atoms with van der Waals surface area (Å²) in [5.41, 5.74) is -4.42. The van der Waals surface area contributed by atoms with E-state index in [4.69, 9.17) is 0 Å². The first kappa shape index (κ1) is 31.6. The molecule has 2 amide bonds. The lowest BCUT2D eigenvalue weighted by Crippen LogP contribution is -2.40. The molecule has 0 unspecified atom stereocenters. The number of rotatable bonds is 7. The average Bonchev–Trinajstić information content (AvgIpc) is 2.86. The highest BCUT2D eigenvalue weighted by atomic mass is 79.9. The van der Waals surface area contributed by atoms with Crippen LogP contribution >= 0.6 is 15.9 Å². The second kappa shape index (κ2) is 11.9. The van der Waals surface area contributed by atoms with Crippen LogP contribution < -0.4 is 10.6 Å². The first-order chi connectivity index (χ1) is 18.9. The molecule has 0 aliphatic rings. The Hall–Kier alpha value is -3.88. The highest BCUT2D eigenvalue weighted by Crippen LogP contribution is 2.39. The van der Waals surface area contributed by atoms with E-state index in [0.29, 0.717) is 6.07 Å². The van der Waals surface area contributed by atoms with Gasteiger partial charge < -0.3 is 10.6 Å². The highest BCUT2D eigenvalue weighted by molar-refractivity contribution is 9.10. The summed E-state index contributed by atoms with van der Waals surface area (Å²) in [6, 6.07) is 9.16. The molecule has 0 spiro atoms. The Morgan fingerprint density at radius 3 is 1.93 bits per heavy atom. The molecule has 0 saturated heterocycles. The fourth-order valence-electron chi connectivity index (χ4n) is 3.68. The van der Waals surface area contributed by atoms with Crippen LogP contribution in [0.15, 0.2) is 65.1 Å². The molecule has 0 aromatic heterocycles. The molecular weight excluding hydrogens is 639 g/mol. The lowest BCUT2D eigenvalue weighted by Gasteiger charge is -2.16. The molecule has 0 bridgehead atoms. The number of ketones is 1. The van der Waals surface area contributed by atoms with E-state index < -0.39 is 65.9 Å². The molecule has 3 aromatic rings. The van der Waals surface area contributed by atoms with Gasteiger partial charge in [0, 0.05) is 15.6 Å². The summed E-state index contributed by atoms with van der Waals surface area (Å²) in [4.78, 5) is 37.3. The second-order valence-corrected chi connectivity index (χ2v) is 9.34. The fraction of sp³-hybridized carbons (Fsp3) is 0.192. The van der Waals surface area contributed by atoms with Crippen molar-refractivity contribution in [2.75, 3.05) is 13.1 Å². The van der Waals surface area contributed by atoms with Gasteiger partial charge in [-0.1, -0.05) is 40.2 Å². The summed E-state index contributed by atoms with van der Waals surface area (Å²) < 4.78 is 118. The van der Waals surface area contributed by atoms with Crippen molar-refractivity contribution in [1.82, 2.24) is 10.6 Å². The van der Waals surface area contributed by atoms with Gasteiger partial charge in [-0.15, -0.1) is 0 Å². The number of hydrogen-bond donors (Lipinski definition) is 2. The van der Waals surface area contributed by atoms with Gasteiger partial charge in [0.05, 0.1) is 17.7 Å². The summed E-state index contributed by atoms with van der Waals surface area (Å²) in [6.45, 7) is -2.44. The molecule has 41 heavy (non-hydrogen) atoms. The average molecular weight is 655 g/mol. The quantitative estimate of drug-likeness (QED) is 0.166. The summed E-state index contributed by atoms with van der Waals surface area (Å²) in [6.07, 6.45) is -14.7. The predicted octanol–water partition coefficient (Wildman–Crippen LogP) is 6.86. The van der Waals surface area contributed by atoms with Crippen molar-refractivity contribution in [1.29, 1.82) is 0 Å². The van der Waals surface area contributed by atoms with Crippen molar-refractivity contribution in [3.05, 3.63) is 87.4 Å². The number of benzene rings is 3. The van der Waals surface area contributed by atoms with Crippen molar-refractivity contribution < 1.29 is 53.9 Å². The zero-order valence-electron chi connectivity index (χ0n) is 20.2. The third kappa shape index (κ3) is 8.31. The van der Waals surface area contributed by atoms with Gasteiger partial charge in [-0.2, -0.15) is 39.5 Å². The zero-order valence-corrected chi connectivity index (χ0v) is 21.8. The normalized spacial score (nSPS) is 12.8. The maximum atomic E-state index is 13.9. The number of halogens is 10. The molecule has 0 heterocycles. The second-order valence-electron chi connectivity index (χ2n) is 8.43. The zero-order chi connectivity index (χ0) is 30.8. The monoisotopic (exact) mass is 654 g/mol. The molecule has 3 rings (SSSR count). The molecule has 0 aliphatic heterocycles. The molecule has 15 heteroatoms. The number of fused-ring (bicyclic) bond motifs is 1. The molecule has 0 radical (unpaired) electrons. The van der Waals surface area contributed by atoms with Gasteiger partial charge >= 0.3 is 18.5 Å². The standard InChI is InChI=1S/C26H16BrF9N2O3/c27-15-8-13(7-14(9-15)25(31,32)33)20(26(34,35)36)10-21(39)18-5-6-19(17-4-2-1-3-16(17)18)23(41)37-11-22(40)38-12-24(28,29)30/h1-10H,11-12H2,(H,37,41)(H,38,40)/b20-10-. The fourth-order valence-corrected chi connectivity index (χ4v) is 4.17. The lowest BCUT2D eigenvalue weighted by atomic mass is 9.94. The van der Waals surface area contributed by atoms with Crippen LogP contribution in [0.25, 0.3) is 16.3 Å². The molecule has 0 fully saturated rings. The number of carbonyl (C=O) groups is 3. The van der Waals surface area contributed by atoms with Gasteiger partial charge in [-0.05, 0) is 52.7 Å². The van der Waals surface area contributed by atoms with Crippen molar-refractivity contribution in [3.63, 3.8) is 0 Å². The first-order valence-electron chi connectivity index (χ1n) is 11.2. The van der Waals surface area contributed by atoms with Crippen LogP contribution in [0.3, 0.4) is 0 Å². The van der Waals surface area contributed by atoms with Crippen LogP contribution in [0.1, 0.15) is 31.8 Å². The van der Waals surface area contributed by atoms with Crippen LogP contribution in [0.5, 0.6) is 0 Å². The number of nitrogens with one attached hydrogen (secondary N) is 2. The number of amides is 2. The predicted molar refractivity (Wildman–Crippen MR) is 133 cm³/mol. The minimum Gasteiger partial charge on any atom is -0.345 e. The maximum Gasteiger partial charge on any atom is 0.417 e. The van der Waals surface area contributed by atoms with Crippen LogP contribution in [-0.4, -0.2) is 43.0 Å². The molecule has 0 aliphatic carbocycles. The molecule has 3 aromatic carbocycles. The van der Waals surface area contributed by atoms with Crippen LogP contribution in [-0.2, 0) is 11.0 Å². The lowest BCUT2D eigenvalue weighted by molar-refractivity contribution is -0.137. The Morgan fingerprint density at radius 2 is 1.37 bits per heavy atom. The molecule has 0 saturated carbocycles. The van der Waals surface area contributed by atoms with Gasteiger partial charge in [0.15, 0.2) is 5.78 Å². The summed E-state index contributed by atoms with van der Waals surface area (Å²) in [5, 5.41) is 3.72. The van der Waals surface area contributed by atoms with E-state index in [0.717, 1.165) is 18.2 Å². The number of carbonyl (C=O) groups excluding carboxylic acids is 3. The Balaban J connectivity index is 1.98. The third-order valence-electron chi connectivity index (χ3n) is 5.45. The van der Waals surface area contributed by atoms with E-state index in [2.05, 4.69) is 21.2 Å². The first-order valence-corrected chi connectivity index (χ1v) is 12.0. The van der Waals surface area contributed by atoms with Crippen molar-refractivity contribution in [2.45, 2.75) is 18.5 Å². The van der Waals surface area contributed by atoms with E-state index in [1.54, 1.807) is 5.32 Å². The highest BCUT2D eigenvalue weighted by Gasteiger charge is 2.38. The van der Waals surface area contributed by atoms with E-state index in [9.17, 15) is 53.9 Å². The van der Waals surface area contributed by atoms with Gasteiger partial charge in [0.1, 0.15) is 6.54 Å². The third-order valence-corrected chi connectivity index (χ3v) is 5.90. The topological polar surface area (TPSA) is 75.3 Å². The van der Waals surface area contributed by atoms with Crippen molar-refractivity contribution in [3.8, 4) is 0 Å². The minimum atomic E-state index is -5.23. The van der Waals surface area contributed by atoms with Gasteiger partial charge in [0.25, 0.3) is 5.91 Å². The minimum absolute atomic E-state index is 0.00493. The molecule has 218 valence electrons. The van der Waals surface area contributed by atoms with E-state index >= 15 is 0 Å². The van der Waals surface area contributed by atoms with Crippen LogP contribution in [0, 0.1) is 0 Å². The summed E-state index contributed by atoms with van der Waals surface area (Å²) >= 11 is 2.75. The molecule has 2 N–H and O–H groups in total. The van der Waals surface area contributed by atoms with Gasteiger partial charge in [-0.25, -0.2) is 0 Å². The molecule has 0 atom stereocenters. The van der Waals surface area contributed by atoms with Crippen LogP contribution in [0.4, 0.5) is 39.5 Å². The van der Waals surface area contributed by atoms with E-state index in [1.807, 2.05) is 0 Å². The van der Waals surface area contributed by atoms with Crippen LogP contribution in [0.2, 0.25) is 0 Å². The summed E-state index contributed by atoms with van der Waals surface area (Å²) in [7, 11) is 0. The van der Waals surface area contributed by atoms with Gasteiger partial charge in [0.2, 0.25) is 5.91 Å². The SMILES string of the molecule is O=C(CNC(=O)c1ccc(C(=O)/C=C(/c2cc(Br)cc(C(F)(F)F)c2)C(F)(F)F)c2ccccc12)NCC(F)(F)F. The number of hydrogen-bond acceptors (Lipinski definition) is 3. The van der Waals surface area contributed by atoms with Crippen molar-refractivity contribution >= 4 is 49.9 Å². The maximum absolute atomic E-state index is 13.9. The largest absolute Gasteiger partial charge is 0.417 e. The Bertz CT molecular complexity index is 1530. The summed E-state index contributed by atoms with van der Waals surface area (Å²) in [5.74, 6) is -3.30. The smallest absolute Gasteiger partial charge is 0.345 e. The Morgan fingerprint density at radius 1 is 0.780 bits per heavy atom. The molecular formula is C26H16BrF9N2O3. The van der Waals surface area contributed by atoms with Gasteiger partial charge in [-0.3, -0.25) is 14.4 Å². The van der Waals surface area contributed by atoms with E-state index in [1.165, 1.54) is 24.3 Å². The number of allylic oxidation sites excluding steroid dienone is 2. The molecule has 5 nitrogen and oxygen atoms in total. The van der Waals surface area contributed by atoms with E-state index in [-0.39, 0.29) is 38.5 Å². The number of alkyl halides is 9. The Labute approximate surface area is 233 Å². The van der Waals surface area contributed by atoms with Crippen molar-refractivity contribution in [2.24, 2.45) is 0 Å².